The van der Waals surface area contributed by atoms with Gasteiger partial charge in [0.05, 0.1) is 11.1 Å². The molecule has 1 aromatic carbocycles. The van der Waals surface area contributed by atoms with E-state index in [4.69, 9.17) is 14.2 Å². The molecule has 3 heterocycles. The molecule has 1 atom stereocenters. The summed E-state index contributed by atoms with van der Waals surface area (Å²) in [5.41, 5.74) is 1.18. The first kappa shape index (κ1) is 14.6. The van der Waals surface area contributed by atoms with Crippen molar-refractivity contribution in [3.8, 4) is 0 Å². The third-order valence-corrected chi connectivity index (χ3v) is 3.77. The maximum absolute atomic E-state index is 12.1. The third kappa shape index (κ3) is 2.95. The Kier molecular flexibility index (Phi) is 4.09. The fraction of sp³-hybridized carbons (Fsp3) is 0.438. The number of ether oxygens (including phenoxy) is 3. The van der Waals surface area contributed by atoms with Crippen LogP contribution in [0.25, 0.3) is 0 Å². The smallest absolute Gasteiger partial charge is 0.338 e. The van der Waals surface area contributed by atoms with Crippen LogP contribution >= 0.6 is 0 Å². The van der Waals surface area contributed by atoms with E-state index < -0.39 is 18.0 Å². The van der Waals surface area contributed by atoms with Crippen LogP contribution in [0.3, 0.4) is 0 Å². The lowest BCUT2D eigenvalue weighted by molar-refractivity contribution is -0.148. The maximum atomic E-state index is 12.1. The number of fused-ring (bicyclic) bond motifs is 7. The highest BCUT2D eigenvalue weighted by atomic mass is 16.6. The minimum Gasteiger partial charge on any atom is -0.458 e. The first-order chi connectivity index (χ1) is 10.6. The molecular formula is C16H16O6. The van der Waals surface area contributed by atoms with Crippen LogP contribution in [0.5, 0.6) is 0 Å². The van der Waals surface area contributed by atoms with Gasteiger partial charge in [0.2, 0.25) is 0 Å². The van der Waals surface area contributed by atoms with Gasteiger partial charge in [0.25, 0.3) is 0 Å². The molecule has 22 heavy (non-hydrogen) atoms. The molecule has 6 heteroatoms. The number of hydrogen-bond donors (Lipinski definition) is 0. The normalized spacial score (nSPS) is 22.4. The first-order valence-corrected chi connectivity index (χ1v) is 7.33. The minimum absolute atomic E-state index is 0.00687. The summed E-state index contributed by atoms with van der Waals surface area (Å²) in [7, 11) is 0. The van der Waals surface area contributed by atoms with Gasteiger partial charge < -0.3 is 14.2 Å². The zero-order valence-electron chi connectivity index (χ0n) is 12.0. The number of esters is 3. The number of benzene rings is 1. The first-order valence-electron chi connectivity index (χ1n) is 7.33. The molecule has 1 unspecified atom stereocenters. The molecule has 1 aromatic rings. The Morgan fingerprint density at radius 2 is 1.73 bits per heavy atom. The van der Waals surface area contributed by atoms with E-state index in [-0.39, 0.29) is 19.2 Å². The fourth-order valence-corrected chi connectivity index (χ4v) is 2.67. The average Bonchev–Trinajstić information content (AvgIpc) is 2.74. The largest absolute Gasteiger partial charge is 0.458 e. The van der Waals surface area contributed by atoms with Gasteiger partial charge in [0.15, 0.2) is 0 Å². The minimum atomic E-state index is -0.537. The lowest BCUT2D eigenvalue weighted by Gasteiger charge is -2.20. The topological polar surface area (TPSA) is 78.9 Å². The van der Waals surface area contributed by atoms with Crippen LogP contribution in [0.1, 0.15) is 58.1 Å². The van der Waals surface area contributed by atoms with Crippen molar-refractivity contribution >= 4 is 17.9 Å². The number of hydrogen-bond acceptors (Lipinski definition) is 6. The summed E-state index contributed by atoms with van der Waals surface area (Å²) in [5, 5.41) is 0. The van der Waals surface area contributed by atoms with Gasteiger partial charge >= 0.3 is 17.9 Å². The summed E-state index contributed by atoms with van der Waals surface area (Å²) in [5.74, 6) is -1.27. The van der Waals surface area contributed by atoms with Crippen LogP contribution in [0, 0.1) is 0 Å². The molecule has 116 valence electrons. The second kappa shape index (κ2) is 6.17. The highest BCUT2D eigenvalue weighted by Crippen LogP contribution is 2.31. The number of carbonyl (C=O) groups is 3. The third-order valence-electron chi connectivity index (χ3n) is 3.77. The summed E-state index contributed by atoms with van der Waals surface area (Å²) in [6.45, 7) is 0.0315. The van der Waals surface area contributed by atoms with Gasteiger partial charge in [0, 0.05) is 12.0 Å². The van der Waals surface area contributed by atoms with Crippen molar-refractivity contribution in [3.63, 3.8) is 0 Å². The van der Waals surface area contributed by atoms with E-state index in [1.807, 2.05) is 0 Å². The van der Waals surface area contributed by atoms with Crippen molar-refractivity contribution in [3.05, 3.63) is 34.9 Å². The second-order valence-corrected chi connectivity index (χ2v) is 5.30. The number of carbonyl (C=O) groups excluding carboxylic acids is 3. The Bertz CT molecular complexity index is 621. The molecular weight excluding hydrogens is 288 g/mol. The maximum Gasteiger partial charge on any atom is 0.338 e. The molecule has 0 spiro atoms. The molecule has 3 aliphatic rings. The molecule has 1 saturated heterocycles. The molecule has 0 aromatic heterocycles. The molecule has 0 amide bonds. The highest BCUT2D eigenvalue weighted by molar-refractivity contribution is 5.95. The molecule has 6 nitrogen and oxygen atoms in total. The van der Waals surface area contributed by atoms with Crippen LogP contribution in [0.2, 0.25) is 0 Å². The number of cyclic esters (lactones) is 1. The summed E-state index contributed by atoms with van der Waals surface area (Å²) in [6.07, 6.45) is 2.03. The van der Waals surface area contributed by atoms with Gasteiger partial charge in [-0.15, -0.1) is 0 Å². The van der Waals surface area contributed by atoms with E-state index in [2.05, 4.69) is 0 Å². The quantitative estimate of drug-likeness (QED) is 0.584. The Morgan fingerprint density at radius 3 is 2.55 bits per heavy atom. The Labute approximate surface area is 127 Å². The van der Waals surface area contributed by atoms with E-state index in [0.717, 1.165) is 12.8 Å². The van der Waals surface area contributed by atoms with E-state index in [0.29, 0.717) is 29.5 Å². The van der Waals surface area contributed by atoms with E-state index in [1.165, 1.54) is 12.1 Å². The van der Waals surface area contributed by atoms with Crippen LogP contribution < -0.4 is 0 Å². The molecule has 0 saturated carbocycles. The van der Waals surface area contributed by atoms with Crippen molar-refractivity contribution in [1.29, 1.82) is 0 Å². The Hall–Kier alpha value is -2.37. The van der Waals surface area contributed by atoms with Gasteiger partial charge in [-0.2, -0.15) is 0 Å². The molecule has 1 fully saturated rings. The van der Waals surface area contributed by atoms with Crippen LogP contribution in [-0.2, 0) is 19.0 Å². The summed E-state index contributed by atoms with van der Waals surface area (Å²) in [4.78, 5) is 35.7. The standard InChI is InChI=1S/C16H16O6/c17-14-4-2-1-3-13(22-14)12-9-10-5-6-11(12)16(19)21-8-7-20-15(10)18/h5-6,9,13H,1-4,7-8H2. The molecule has 2 bridgehead atoms. The number of rotatable bonds is 1. The molecule has 0 radical (unpaired) electrons. The van der Waals surface area contributed by atoms with Crippen molar-refractivity contribution in [2.45, 2.75) is 31.8 Å². The van der Waals surface area contributed by atoms with E-state index in [9.17, 15) is 14.4 Å². The average molecular weight is 304 g/mol. The van der Waals surface area contributed by atoms with E-state index in [1.54, 1.807) is 6.07 Å². The van der Waals surface area contributed by atoms with Gasteiger partial charge in [-0.3, -0.25) is 4.79 Å². The molecule has 0 N–H and O–H groups in total. The summed E-state index contributed by atoms with van der Waals surface area (Å²) in [6, 6.07) is 4.61. The van der Waals surface area contributed by atoms with E-state index >= 15 is 0 Å². The SMILES string of the molecule is O=C1CCCCC(c2cc3ccc2C(=O)OCCOC3=O)O1. The van der Waals surface area contributed by atoms with Crippen LogP contribution in [0.15, 0.2) is 18.2 Å². The lowest BCUT2D eigenvalue weighted by Crippen LogP contribution is -2.20. The summed E-state index contributed by atoms with van der Waals surface area (Å²) < 4.78 is 15.5. The van der Waals surface area contributed by atoms with Crippen LogP contribution in [0.4, 0.5) is 0 Å². The zero-order valence-corrected chi connectivity index (χ0v) is 12.0. The second-order valence-electron chi connectivity index (χ2n) is 5.30. The Morgan fingerprint density at radius 1 is 0.955 bits per heavy atom. The van der Waals surface area contributed by atoms with Crippen molar-refractivity contribution in [2.75, 3.05) is 13.2 Å². The van der Waals surface area contributed by atoms with Gasteiger partial charge in [-0.25, -0.2) is 9.59 Å². The highest BCUT2D eigenvalue weighted by Gasteiger charge is 2.27. The molecule has 4 rings (SSSR count). The van der Waals surface area contributed by atoms with Gasteiger partial charge in [-0.05, 0) is 37.5 Å². The fourth-order valence-electron chi connectivity index (χ4n) is 2.67. The van der Waals surface area contributed by atoms with Crippen molar-refractivity contribution in [2.24, 2.45) is 0 Å². The van der Waals surface area contributed by atoms with Gasteiger partial charge in [-0.1, -0.05) is 0 Å². The van der Waals surface area contributed by atoms with Crippen LogP contribution in [-0.4, -0.2) is 31.1 Å². The molecule has 0 aliphatic carbocycles. The predicted molar refractivity (Wildman–Crippen MR) is 74.3 cm³/mol. The van der Waals surface area contributed by atoms with Crippen molar-refractivity contribution < 1.29 is 28.6 Å². The van der Waals surface area contributed by atoms with Gasteiger partial charge in [0.1, 0.15) is 19.3 Å². The lowest BCUT2D eigenvalue weighted by atomic mass is 9.96. The monoisotopic (exact) mass is 304 g/mol. The summed E-state index contributed by atoms with van der Waals surface area (Å²) >= 11 is 0. The Balaban J connectivity index is 2.04. The van der Waals surface area contributed by atoms with Crippen molar-refractivity contribution in [1.82, 2.24) is 0 Å². The predicted octanol–water partition coefficient (Wildman–Crippen LogP) is 2.17. The zero-order chi connectivity index (χ0) is 15.5. The molecule has 3 aliphatic heterocycles.